The van der Waals surface area contributed by atoms with Crippen molar-refractivity contribution in [3.63, 3.8) is 0 Å². The third kappa shape index (κ3) is 5.90. The van der Waals surface area contributed by atoms with Crippen molar-refractivity contribution in [2.24, 2.45) is 0 Å². The fourth-order valence-corrected chi connectivity index (χ4v) is 4.94. The highest BCUT2D eigenvalue weighted by Crippen LogP contribution is 2.37. The van der Waals surface area contributed by atoms with Gasteiger partial charge in [-0.3, -0.25) is 10.1 Å². The second-order valence-corrected chi connectivity index (χ2v) is 9.02. The van der Waals surface area contributed by atoms with E-state index in [1.807, 2.05) is 24.3 Å². The molecule has 0 aliphatic rings. The summed E-state index contributed by atoms with van der Waals surface area (Å²) >= 11 is 2.97. The second kappa shape index (κ2) is 11.2. The van der Waals surface area contributed by atoms with Gasteiger partial charge in [-0.05, 0) is 50.2 Å². The Morgan fingerprint density at radius 1 is 1.19 bits per heavy atom. The Morgan fingerprint density at radius 2 is 1.97 bits per heavy atom. The van der Waals surface area contributed by atoms with Crippen LogP contribution in [0.3, 0.4) is 0 Å². The van der Waals surface area contributed by atoms with Crippen LogP contribution in [0.15, 0.2) is 47.4 Å². The molecular formula is C22H26N4O4S2. The molecule has 1 aromatic heterocycles. The lowest BCUT2D eigenvalue weighted by Crippen LogP contribution is -2.18. The molecule has 10 heteroatoms. The minimum absolute atomic E-state index is 0.0533. The van der Waals surface area contributed by atoms with E-state index in [0.717, 1.165) is 39.1 Å². The first kappa shape index (κ1) is 23.8. The quantitative estimate of drug-likeness (QED) is 0.215. The summed E-state index contributed by atoms with van der Waals surface area (Å²) in [6.07, 6.45) is 1.04. The van der Waals surface area contributed by atoms with E-state index in [-0.39, 0.29) is 10.6 Å². The summed E-state index contributed by atoms with van der Waals surface area (Å²) < 4.78 is 14.0. The van der Waals surface area contributed by atoms with Gasteiger partial charge in [0.25, 0.3) is 5.69 Å². The van der Waals surface area contributed by atoms with Gasteiger partial charge in [0.05, 0.1) is 24.8 Å². The molecule has 0 aliphatic carbocycles. The fourth-order valence-electron chi connectivity index (χ4n) is 3.18. The molecule has 0 spiro atoms. The van der Waals surface area contributed by atoms with Gasteiger partial charge in [0.15, 0.2) is 16.6 Å². The third-order valence-corrected chi connectivity index (χ3v) is 6.53. The van der Waals surface area contributed by atoms with Crippen LogP contribution in [0.1, 0.15) is 18.2 Å². The zero-order chi connectivity index (χ0) is 23.1. The number of nitrogens with one attached hydrogen (secondary N) is 1. The van der Waals surface area contributed by atoms with Crippen molar-refractivity contribution in [3.8, 4) is 22.8 Å². The van der Waals surface area contributed by atoms with Crippen molar-refractivity contribution >= 4 is 34.1 Å². The predicted molar refractivity (Wildman–Crippen MR) is 130 cm³/mol. The number of methoxy groups -OCH3 is 2. The number of rotatable bonds is 11. The van der Waals surface area contributed by atoms with Crippen LogP contribution in [-0.2, 0) is 6.54 Å². The standard InChI is InChI=1S/C22H26N4O4S2/c1-5-11-25(2)14-20-21(15-7-6-8-16(12-15)26(27)28)23-22(31-20)24-32-17-9-10-18(29-3)19(13-17)30-4/h6-10,12-13H,5,11,14H2,1-4H3,(H,23,24). The molecule has 2 aromatic carbocycles. The lowest BCUT2D eigenvalue weighted by atomic mass is 10.1. The molecule has 0 radical (unpaired) electrons. The highest BCUT2D eigenvalue weighted by molar-refractivity contribution is 8.00. The first-order valence-corrected chi connectivity index (χ1v) is 11.7. The summed E-state index contributed by atoms with van der Waals surface area (Å²) in [4.78, 5) is 19.8. The maximum Gasteiger partial charge on any atom is 0.270 e. The van der Waals surface area contributed by atoms with Crippen LogP contribution in [0.2, 0.25) is 0 Å². The lowest BCUT2D eigenvalue weighted by molar-refractivity contribution is -0.384. The summed E-state index contributed by atoms with van der Waals surface area (Å²) in [7, 11) is 5.27. The van der Waals surface area contributed by atoms with E-state index in [1.165, 1.54) is 18.0 Å². The molecule has 0 fully saturated rings. The highest BCUT2D eigenvalue weighted by Gasteiger charge is 2.17. The summed E-state index contributed by atoms with van der Waals surface area (Å²) in [6, 6.07) is 12.3. The minimum atomic E-state index is -0.384. The Balaban J connectivity index is 1.87. The number of aromatic nitrogens is 1. The Morgan fingerprint density at radius 3 is 2.66 bits per heavy atom. The van der Waals surface area contributed by atoms with E-state index in [1.54, 1.807) is 37.7 Å². The first-order chi connectivity index (χ1) is 15.4. The van der Waals surface area contributed by atoms with Gasteiger partial charge in [0.2, 0.25) is 0 Å². The zero-order valence-electron chi connectivity index (χ0n) is 18.5. The number of non-ortho nitro benzene ring substituents is 1. The maximum absolute atomic E-state index is 11.2. The van der Waals surface area contributed by atoms with E-state index in [4.69, 9.17) is 14.5 Å². The average Bonchev–Trinajstić information content (AvgIpc) is 3.20. The normalized spacial score (nSPS) is 10.9. The van der Waals surface area contributed by atoms with Crippen molar-refractivity contribution in [1.82, 2.24) is 9.88 Å². The third-order valence-electron chi connectivity index (χ3n) is 4.66. The smallest absolute Gasteiger partial charge is 0.270 e. The van der Waals surface area contributed by atoms with Crippen molar-refractivity contribution < 1.29 is 14.4 Å². The summed E-state index contributed by atoms with van der Waals surface area (Å²) in [6.45, 7) is 3.80. The summed E-state index contributed by atoms with van der Waals surface area (Å²) in [5.41, 5.74) is 1.55. The van der Waals surface area contributed by atoms with Crippen LogP contribution >= 0.6 is 23.3 Å². The molecular weight excluding hydrogens is 448 g/mol. The van der Waals surface area contributed by atoms with E-state index in [2.05, 4.69) is 23.6 Å². The van der Waals surface area contributed by atoms with Gasteiger partial charge in [-0.15, -0.1) is 0 Å². The number of ether oxygens (including phenoxy) is 2. The van der Waals surface area contributed by atoms with Gasteiger partial charge in [-0.1, -0.05) is 30.4 Å². The molecule has 0 atom stereocenters. The topological polar surface area (TPSA) is 89.8 Å². The van der Waals surface area contributed by atoms with Gasteiger partial charge in [-0.2, -0.15) is 0 Å². The summed E-state index contributed by atoms with van der Waals surface area (Å²) in [5.74, 6) is 1.32. The molecule has 0 saturated heterocycles. The number of thiazole rings is 1. The number of nitro benzene ring substituents is 1. The molecule has 8 nitrogen and oxygen atoms in total. The summed E-state index contributed by atoms with van der Waals surface area (Å²) in [5, 5.41) is 12.0. The van der Waals surface area contributed by atoms with Gasteiger partial charge in [-0.25, -0.2) is 4.98 Å². The second-order valence-electron chi connectivity index (χ2n) is 7.06. The van der Waals surface area contributed by atoms with Crippen molar-refractivity contribution in [2.45, 2.75) is 24.8 Å². The fraction of sp³-hybridized carbons (Fsp3) is 0.318. The Labute approximate surface area is 195 Å². The van der Waals surface area contributed by atoms with E-state index >= 15 is 0 Å². The minimum Gasteiger partial charge on any atom is -0.493 e. The van der Waals surface area contributed by atoms with E-state index < -0.39 is 0 Å². The number of hydrogen-bond donors (Lipinski definition) is 1. The largest absolute Gasteiger partial charge is 0.493 e. The number of nitrogens with zero attached hydrogens (tertiary/aromatic N) is 3. The number of nitro groups is 1. The van der Waals surface area contributed by atoms with Crippen molar-refractivity contribution in [2.75, 3.05) is 32.5 Å². The molecule has 0 amide bonds. The van der Waals surface area contributed by atoms with Crippen LogP contribution in [0.5, 0.6) is 11.5 Å². The van der Waals surface area contributed by atoms with Crippen LogP contribution in [0.25, 0.3) is 11.3 Å². The predicted octanol–water partition coefficient (Wildman–Crippen LogP) is 5.70. The van der Waals surface area contributed by atoms with Crippen LogP contribution < -0.4 is 14.2 Å². The SMILES string of the molecule is CCCN(C)Cc1sc(NSc2ccc(OC)c(OC)c2)nc1-c1cccc([N+](=O)[O-])c1. The number of hydrogen-bond acceptors (Lipinski definition) is 9. The number of benzene rings is 2. The van der Waals surface area contributed by atoms with Crippen molar-refractivity contribution in [3.05, 3.63) is 57.5 Å². The molecule has 0 saturated carbocycles. The molecule has 3 aromatic rings. The number of anilines is 1. The monoisotopic (exact) mass is 474 g/mol. The van der Waals surface area contributed by atoms with Gasteiger partial charge in [0.1, 0.15) is 0 Å². The molecule has 1 N–H and O–H groups in total. The van der Waals surface area contributed by atoms with Gasteiger partial charge in [0, 0.05) is 34.0 Å². The van der Waals surface area contributed by atoms with Crippen LogP contribution in [0.4, 0.5) is 10.8 Å². The van der Waals surface area contributed by atoms with Gasteiger partial charge >= 0.3 is 0 Å². The Kier molecular flexibility index (Phi) is 8.32. The molecule has 3 rings (SSSR count). The first-order valence-electron chi connectivity index (χ1n) is 10.0. The Bertz CT molecular complexity index is 1070. The van der Waals surface area contributed by atoms with Crippen molar-refractivity contribution in [1.29, 1.82) is 0 Å². The highest BCUT2D eigenvalue weighted by atomic mass is 32.2. The van der Waals surface area contributed by atoms with Crippen LogP contribution in [-0.4, -0.2) is 42.6 Å². The molecule has 1 heterocycles. The lowest BCUT2D eigenvalue weighted by Gasteiger charge is -2.14. The van der Waals surface area contributed by atoms with Gasteiger partial charge < -0.3 is 19.1 Å². The Hall–Kier alpha value is -2.82. The molecule has 170 valence electrons. The zero-order valence-corrected chi connectivity index (χ0v) is 20.1. The maximum atomic E-state index is 11.2. The van der Waals surface area contributed by atoms with E-state index in [9.17, 15) is 10.1 Å². The molecule has 0 bridgehead atoms. The molecule has 0 aliphatic heterocycles. The molecule has 0 unspecified atom stereocenters. The molecule has 32 heavy (non-hydrogen) atoms. The average molecular weight is 475 g/mol. The van der Waals surface area contributed by atoms with Crippen LogP contribution in [0, 0.1) is 10.1 Å². The van der Waals surface area contributed by atoms with E-state index in [0.29, 0.717) is 18.0 Å².